The second-order valence-corrected chi connectivity index (χ2v) is 13.3. The number of fused-ring (bicyclic) bond motifs is 14. The van der Waals surface area contributed by atoms with Crippen LogP contribution >= 0.6 is 0 Å². The van der Waals surface area contributed by atoms with Crippen LogP contribution in [0.3, 0.4) is 0 Å². The second kappa shape index (κ2) is 10.2. The summed E-state index contributed by atoms with van der Waals surface area (Å²) in [6.07, 6.45) is 0. The minimum atomic E-state index is -0.579. The molecule has 9 aromatic rings. The molecule has 232 valence electrons. The molecule has 1 spiro atoms. The van der Waals surface area contributed by atoms with Gasteiger partial charge in [-0.15, -0.1) is 0 Å². The Morgan fingerprint density at radius 2 is 0.980 bits per heavy atom. The fourth-order valence-corrected chi connectivity index (χ4v) is 8.57. The van der Waals surface area contributed by atoms with E-state index >= 15 is 0 Å². The molecule has 1 aromatic heterocycles. The Hall–Kier alpha value is -6.58. The Morgan fingerprint density at radius 3 is 1.72 bits per heavy atom. The zero-order chi connectivity index (χ0) is 32.8. The van der Waals surface area contributed by atoms with Gasteiger partial charge in [-0.2, -0.15) is 0 Å². The maximum absolute atomic E-state index is 7.10. The van der Waals surface area contributed by atoms with Crippen molar-refractivity contribution in [1.29, 1.82) is 0 Å². The fraction of sp³-hybridized carbons (Fsp3) is 0.0213. The Labute approximate surface area is 289 Å². The highest BCUT2D eigenvalue weighted by Gasteiger charge is 2.51. The van der Waals surface area contributed by atoms with E-state index in [4.69, 9.17) is 14.7 Å². The Balaban J connectivity index is 1.24. The first-order valence-electron chi connectivity index (χ1n) is 17.1. The summed E-state index contributed by atoms with van der Waals surface area (Å²) in [5.74, 6) is 2.57. The third-order valence-electron chi connectivity index (χ3n) is 10.7. The molecule has 1 aliphatic carbocycles. The predicted octanol–water partition coefficient (Wildman–Crippen LogP) is 11.7. The summed E-state index contributed by atoms with van der Waals surface area (Å²) >= 11 is 0. The summed E-state index contributed by atoms with van der Waals surface area (Å²) < 4.78 is 7.10. The Kier molecular flexibility index (Phi) is 5.59. The van der Waals surface area contributed by atoms with Crippen LogP contribution in [0.2, 0.25) is 0 Å². The van der Waals surface area contributed by atoms with Gasteiger partial charge in [0.1, 0.15) is 11.5 Å². The van der Waals surface area contributed by atoms with Crippen LogP contribution in [0.5, 0.6) is 11.5 Å². The summed E-state index contributed by atoms with van der Waals surface area (Å²) in [6.45, 7) is 0. The maximum Gasteiger partial charge on any atom is 0.160 e. The molecule has 0 unspecified atom stereocenters. The molecule has 2 heterocycles. The number of para-hydroxylation sites is 1. The standard InChI is InChI=1S/C47H28N2O/c1-2-14-31(15-3-1)46-48-42-21-11-9-19-36(42)43(49-46)32-24-25-39-37(28-32)35-18-8-10-20-38(35)47(39)40-26-22-29-12-4-6-16-33(29)44(40)50-45-34-17-7-5-13-30(34)23-27-41(45)47/h1-28H. The van der Waals surface area contributed by atoms with Crippen LogP contribution in [0.25, 0.3) is 66.2 Å². The van der Waals surface area contributed by atoms with Crippen molar-refractivity contribution in [3.63, 3.8) is 0 Å². The average molecular weight is 637 g/mol. The predicted molar refractivity (Wildman–Crippen MR) is 203 cm³/mol. The van der Waals surface area contributed by atoms with Crippen LogP contribution in [0.15, 0.2) is 170 Å². The highest BCUT2D eigenvalue weighted by molar-refractivity contribution is 6.01. The van der Waals surface area contributed by atoms with Gasteiger partial charge in [0.15, 0.2) is 5.82 Å². The minimum Gasteiger partial charge on any atom is -0.455 e. The zero-order valence-corrected chi connectivity index (χ0v) is 27.0. The Bertz CT molecular complexity index is 2770. The van der Waals surface area contributed by atoms with Gasteiger partial charge in [-0.05, 0) is 45.2 Å². The van der Waals surface area contributed by atoms with Gasteiger partial charge >= 0.3 is 0 Å². The number of nitrogens with zero attached hydrogens (tertiary/aromatic N) is 2. The van der Waals surface area contributed by atoms with Crippen molar-refractivity contribution in [3.05, 3.63) is 192 Å². The van der Waals surface area contributed by atoms with E-state index in [-0.39, 0.29) is 0 Å². The number of ether oxygens (including phenoxy) is 1. The van der Waals surface area contributed by atoms with Crippen LogP contribution in [-0.2, 0) is 5.41 Å². The number of hydrogen-bond acceptors (Lipinski definition) is 3. The summed E-state index contributed by atoms with van der Waals surface area (Å²) in [7, 11) is 0. The van der Waals surface area contributed by atoms with Crippen molar-refractivity contribution in [1.82, 2.24) is 9.97 Å². The van der Waals surface area contributed by atoms with Crippen molar-refractivity contribution < 1.29 is 4.74 Å². The molecule has 3 heteroatoms. The van der Waals surface area contributed by atoms with Crippen LogP contribution in [-0.4, -0.2) is 9.97 Å². The van der Waals surface area contributed by atoms with Gasteiger partial charge in [-0.25, -0.2) is 9.97 Å². The van der Waals surface area contributed by atoms with E-state index < -0.39 is 5.41 Å². The molecule has 0 saturated heterocycles. The molecule has 0 N–H and O–H groups in total. The summed E-state index contributed by atoms with van der Waals surface area (Å²) in [5.41, 5.74) is 10.6. The van der Waals surface area contributed by atoms with E-state index in [0.717, 1.165) is 77.7 Å². The molecule has 11 rings (SSSR count). The van der Waals surface area contributed by atoms with Gasteiger partial charge in [0.2, 0.25) is 0 Å². The van der Waals surface area contributed by atoms with Crippen molar-refractivity contribution in [2.75, 3.05) is 0 Å². The first kappa shape index (κ1) is 27.4. The molecule has 3 nitrogen and oxygen atoms in total. The van der Waals surface area contributed by atoms with Gasteiger partial charge < -0.3 is 4.74 Å². The third-order valence-corrected chi connectivity index (χ3v) is 10.7. The third kappa shape index (κ3) is 3.64. The Morgan fingerprint density at radius 1 is 0.400 bits per heavy atom. The molecule has 1 aliphatic heterocycles. The normalized spacial score (nSPS) is 13.5. The van der Waals surface area contributed by atoms with E-state index in [1.807, 2.05) is 24.3 Å². The van der Waals surface area contributed by atoms with E-state index in [1.165, 1.54) is 22.3 Å². The monoisotopic (exact) mass is 636 g/mol. The molecule has 8 aromatic carbocycles. The lowest BCUT2D eigenvalue weighted by Crippen LogP contribution is -2.32. The van der Waals surface area contributed by atoms with Gasteiger partial charge in [0.25, 0.3) is 0 Å². The van der Waals surface area contributed by atoms with Crippen molar-refractivity contribution in [3.8, 4) is 45.3 Å². The molecule has 0 radical (unpaired) electrons. The largest absolute Gasteiger partial charge is 0.455 e. The molecular weight excluding hydrogens is 609 g/mol. The average Bonchev–Trinajstić information content (AvgIpc) is 3.47. The van der Waals surface area contributed by atoms with Gasteiger partial charge in [0, 0.05) is 38.4 Å². The first-order chi connectivity index (χ1) is 24.8. The van der Waals surface area contributed by atoms with Crippen LogP contribution in [0.4, 0.5) is 0 Å². The second-order valence-electron chi connectivity index (χ2n) is 13.3. The summed E-state index contributed by atoms with van der Waals surface area (Å²) in [5, 5.41) is 5.60. The van der Waals surface area contributed by atoms with E-state index in [1.54, 1.807) is 0 Å². The zero-order valence-electron chi connectivity index (χ0n) is 27.0. The highest BCUT2D eigenvalue weighted by Crippen LogP contribution is 2.64. The van der Waals surface area contributed by atoms with Crippen LogP contribution in [0, 0.1) is 0 Å². The first-order valence-corrected chi connectivity index (χ1v) is 17.1. The van der Waals surface area contributed by atoms with Crippen molar-refractivity contribution in [2.24, 2.45) is 0 Å². The molecule has 0 fully saturated rings. The number of rotatable bonds is 2. The molecule has 50 heavy (non-hydrogen) atoms. The van der Waals surface area contributed by atoms with Gasteiger partial charge in [0.05, 0.1) is 16.6 Å². The molecule has 0 saturated carbocycles. The molecule has 0 bridgehead atoms. The number of benzene rings is 8. The van der Waals surface area contributed by atoms with Crippen LogP contribution in [0.1, 0.15) is 22.3 Å². The lowest BCUT2D eigenvalue weighted by Gasteiger charge is -2.40. The number of aromatic nitrogens is 2. The summed E-state index contributed by atoms with van der Waals surface area (Å²) in [6, 6.07) is 60.6. The number of hydrogen-bond donors (Lipinski definition) is 0. The van der Waals surface area contributed by atoms with Crippen molar-refractivity contribution >= 4 is 32.4 Å². The fourth-order valence-electron chi connectivity index (χ4n) is 8.57. The quantitative estimate of drug-likeness (QED) is 0.189. The summed E-state index contributed by atoms with van der Waals surface area (Å²) in [4.78, 5) is 10.2. The van der Waals surface area contributed by atoms with E-state index in [2.05, 4.69) is 146 Å². The van der Waals surface area contributed by atoms with Crippen LogP contribution < -0.4 is 4.74 Å². The van der Waals surface area contributed by atoms with E-state index in [9.17, 15) is 0 Å². The molecule has 0 amide bonds. The molecule has 0 atom stereocenters. The van der Waals surface area contributed by atoms with Gasteiger partial charge in [-0.3, -0.25) is 0 Å². The topological polar surface area (TPSA) is 35.0 Å². The van der Waals surface area contributed by atoms with Gasteiger partial charge in [-0.1, -0.05) is 158 Å². The maximum atomic E-state index is 7.10. The molecule has 2 aliphatic rings. The molecular formula is C47H28N2O. The lowest BCUT2D eigenvalue weighted by molar-refractivity contribution is 0.447. The SMILES string of the molecule is c1ccc(-c2nc(-c3ccc4c(c3)-c3ccccc3C43c4ccc5ccccc5c4Oc4c3ccc3ccccc43)c3ccccc3n2)cc1. The smallest absolute Gasteiger partial charge is 0.160 e. The minimum absolute atomic E-state index is 0.579. The lowest BCUT2D eigenvalue weighted by atomic mass is 9.65. The van der Waals surface area contributed by atoms with E-state index in [0.29, 0.717) is 0 Å². The highest BCUT2D eigenvalue weighted by atomic mass is 16.5. The van der Waals surface area contributed by atoms with Crippen molar-refractivity contribution in [2.45, 2.75) is 5.41 Å².